The molecular formula is C26H35N3O. The average Bonchev–Trinajstić information content (AvgIpc) is 2.74. The lowest BCUT2D eigenvalue weighted by atomic mass is 9.90. The molecule has 2 heterocycles. The Kier molecular flexibility index (Phi) is 6.55. The van der Waals surface area contributed by atoms with Crippen LogP contribution in [0, 0.1) is 13.8 Å². The average molecular weight is 406 g/mol. The van der Waals surface area contributed by atoms with Gasteiger partial charge in [-0.15, -0.1) is 0 Å². The molecule has 0 aliphatic carbocycles. The van der Waals surface area contributed by atoms with E-state index in [1.807, 2.05) is 12.1 Å². The molecule has 30 heavy (non-hydrogen) atoms. The summed E-state index contributed by atoms with van der Waals surface area (Å²) in [6.07, 6.45) is 3.07. The molecule has 0 bridgehead atoms. The van der Waals surface area contributed by atoms with Crippen molar-refractivity contribution in [2.75, 3.05) is 39.8 Å². The van der Waals surface area contributed by atoms with E-state index in [1.54, 1.807) is 0 Å². The maximum atomic E-state index is 13.5. The molecule has 2 atom stereocenters. The van der Waals surface area contributed by atoms with Crippen LogP contribution >= 0.6 is 0 Å². The smallest absolute Gasteiger partial charge is 0.254 e. The molecule has 4 nitrogen and oxygen atoms in total. The Balaban J connectivity index is 1.54. The van der Waals surface area contributed by atoms with Crippen molar-refractivity contribution in [3.8, 4) is 0 Å². The van der Waals surface area contributed by atoms with Crippen LogP contribution in [0.15, 0.2) is 48.5 Å². The maximum absolute atomic E-state index is 13.5. The predicted octanol–water partition coefficient (Wildman–Crippen LogP) is 3.77. The number of benzene rings is 2. The highest BCUT2D eigenvalue weighted by Gasteiger charge is 2.35. The van der Waals surface area contributed by atoms with Crippen molar-refractivity contribution in [2.24, 2.45) is 0 Å². The fourth-order valence-electron chi connectivity index (χ4n) is 5.16. The summed E-state index contributed by atoms with van der Waals surface area (Å²) in [6.45, 7) is 9.57. The number of nitrogens with zero attached hydrogens (tertiary/aromatic N) is 3. The molecule has 4 rings (SSSR count). The Hall–Kier alpha value is -2.17. The highest BCUT2D eigenvalue weighted by Crippen LogP contribution is 2.27. The number of carbonyl (C=O) groups is 1. The number of likely N-dealkylation sites (tertiary alicyclic amines) is 1. The van der Waals surface area contributed by atoms with Gasteiger partial charge in [-0.3, -0.25) is 9.69 Å². The summed E-state index contributed by atoms with van der Waals surface area (Å²) in [7, 11) is 2.21. The number of amides is 1. The Morgan fingerprint density at radius 2 is 1.60 bits per heavy atom. The summed E-state index contributed by atoms with van der Waals surface area (Å²) >= 11 is 0. The van der Waals surface area contributed by atoms with Gasteiger partial charge in [-0.1, -0.05) is 47.5 Å². The lowest BCUT2D eigenvalue weighted by molar-refractivity contribution is 0.0323. The molecule has 0 aromatic heterocycles. The van der Waals surface area contributed by atoms with Crippen LogP contribution in [-0.4, -0.2) is 72.5 Å². The normalized spacial score (nSPS) is 23.5. The lowest BCUT2D eigenvalue weighted by Gasteiger charge is -2.46. The van der Waals surface area contributed by atoms with Gasteiger partial charge in [0.2, 0.25) is 0 Å². The summed E-state index contributed by atoms with van der Waals surface area (Å²) in [4.78, 5) is 20.8. The second kappa shape index (κ2) is 9.32. The molecule has 0 N–H and O–H groups in total. The van der Waals surface area contributed by atoms with E-state index < -0.39 is 0 Å². The second-order valence-electron chi connectivity index (χ2n) is 9.24. The molecule has 2 aliphatic rings. The monoisotopic (exact) mass is 405 g/mol. The van der Waals surface area contributed by atoms with E-state index in [0.29, 0.717) is 6.04 Å². The molecule has 2 saturated heterocycles. The van der Waals surface area contributed by atoms with Gasteiger partial charge in [0, 0.05) is 50.4 Å². The number of carbonyl (C=O) groups excluding carboxylic acids is 1. The minimum absolute atomic E-state index is 0.194. The van der Waals surface area contributed by atoms with Gasteiger partial charge < -0.3 is 9.80 Å². The number of piperidine rings is 1. The van der Waals surface area contributed by atoms with Gasteiger partial charge in [-0.05, 0) is 57.9 Å². The van der Waals surface area contributed by atoms with E-state index in [1.165, 1.54) is 5.56 Å². The Labute approximate surface area is 181 Å². The molecule has 2 aliphatic heterocycles. The number of hydrogen-bond acceptors (Lipinski definition) is 3. The standard InChI is InChI=1S/C26H35N3O/c1-20-15-21(2)17-23(16-20)26(30)29-10-9-24(28-13-11-27(3)12-14-28)19-25(29)18-22-7-5-4-6-8-22/h4-8,15-17,24-25H,9-14,18-19H2,1-3H3. The van der Waals surface area contributed by atoms with E-state index >= 15 is 0 Å². The Bertz CT molecular complexity index is 838. The number of rotatable bonds is 4. The highest BCUT2D eigenvalue weighted by atomic mass is 16.2. The van der Waals surface area contributed by atoms with E-state index in [2.05, 4.69) is 72.0 Å². The molecule has 2 unspecified atom stereocenters. The quantitative estimate of drug-likeness (QED) is 0.775. The van der Waals surface area contributed by atoms with Crippen LogP contribution < -0.4 is 0 Å². The summed E-state index contributed by atoms with van der Waals surface area (Å²) in [6, 6.07) is 17.7. The zero-order valence-electron chi connectivity index (χ0n) is 18.7. The largest absolute Gasteiger partial charge is 0.335 e. The van der Waals surface area contributed by atoms with E-state index in [4.69, 9.17) is 0 Å². The number of likely N-dealkylation sites (N-methyl/N-ethyl adjacent to an activating group) is 1. The molecular weight excluding hydrogens is 370 g/mol. The van der Waals surface area contributed by atoms with Gasteiger partial charge in [-0.25, -0.2) is 0 Å². The first-order chi connectivity index (χ1) is 14.5. The van der Waals surface area contributed by atoms with Crippen LogP contribution in [-0.2, 0) is 6.42 Å². The van der Waals surface area contributed by atoms with Crippen LogP contribution in [0.2, 0.25) is 0 Å². The maximum Gasteiger partial charge on any atom is 0.254 e. The van der Waals surface area contributed by atoms with E-state index in [0.717, 1.165) is 68.7 Å². The minimum atomic E-state index is 0.194. The summed E-state index contributed by atoms with van der Waals surface area (Å²) in [5.41, 5.74) is 4.47. The number of aryl methyl sites for hydroxylation is 2. The van der Waals surface area contributed by atoms with Crippen molar-refractivity contribution in [2.45, 2.75) is 45.2 Å². The third kappa shape index (κ3) is 4.93. The van der Waals surface area contributed by atoms with Crippen molar-refractivity contribution in [3.63, 3.8) is 0 Å². The molecule has 0 spiro atoms. The molecule has 0 radical (unpaired) electrons. The molecule has 2 fully saturated rings. The first-order valence-electron chi connectivity index (χ1n) is 11.4. The van der Waals surface area contributed by atoms with Crippen molar-refractivity contribution >= 4 is 5.91 Å². The summed E-state index contributed by atoms with van der Waals surface area (Å²) < 4.78 is 0. The van der Waals surface area contributed by atoms with Crippen molar-refractivity contribution < 1.29 is 4.79 Å². The summed E-state index contributed by atoms with van der Waals surface area (Å²) in [5.74, 6) is 0.194. The van der Waals surface area contributed by atoms with Crippen LogP contribution in [0.3, 0.4) is 0 Å². The van der Waals surface area contributed by atoms with Crippen molar-refractivity contribution in [1.82, 2.24) is 14.7 Å². The number of piperazine rings is 1. The topological polar surface area (TPSA) is 26.8 Å². The van der Waals surface area contributed by atoms with E-state index in [-0.39, 0.29) is 11.9 Å². The molecule has 2 aromatic carbocycles. The highest BCUT2D eigenvalue weighted by molar-refractivity contribution is 5.95. The van der Waals surface area contributed by atoms with E-state index in [9.17, 15) is 4.79 Å². The van der Waals surface area contributed by atoms with Gasteiger partial charge in [0.1, 0.15) is 0 Å². The van der Waals surface area contributed by atoms with Gasteiger partial charge in [-0.2, -0.15) is 0 Å². The van der Waals surface area contributed by atoms with Crippen LogP contribution in [0.25, 0.3) is 0 Å². The lowest BCUT2D eigenvalue weighted by Crippen LogP contribution is -2.56. The van der Waals surface area contributed by atoms with Gasteiger partial charge >= 0.3 is 0 Å². The predicted molar refractivity (Wildman–Crippen MR) is 123 cm³/mol. The van der Waals surface area contributed by atoms with Crippen molar-refractivity contribution in [1.29, 1.82) is 0 Å². The van der Waals surface area contributed by atoms with Gasteiger partial charge in [0.15, 0.2) is 0 Å². The third-order valence-electron chi connectivity index (χ3n) is 6.79. The number of hydrogen-bond donors (Lipinski definition) is 0. The Morgan fingerprint density at radius 1 is 0.933 bits per heavy atom. The fourth-order valence-corrected chi connectivity index (χ4v) is 5.16. The van der Waals surface area contributed by atoms with Crippen molar-refractivity contribution in [3.05, 3.63) is 70.8 Å². The van der Waals surface area contributed by atoms with Crippen LogP contribution in [0.1, 0.15) is 39.9 Å². The minimum Gasteiger partial charge on any atom is -0.335 e. The van der Waals surface area contributed by atoms with Crippen LogP contribution in [0.5, 0.6) is 0 Å². The fraction of sp³-hybridized carbons (Fsp3) is 0.500. The zero-order valence-corrected chi connectivity index (χ0v) is 18.7. The third-order valence-corrected chi connectivity index (χ3v) is 6.79. The van der Waals surface area contributed by atoms with Gasteiger partial charge in [0.25, 0.3) is 5.91 Å². The van der Waals surface area contributed by atoms with Crippen LogP contribution in [0.4, 0.5) is 0 Å². The Morgan fingerprint density at radius 3 is 2.27 bits per heavy atom. The second-order valence-corrected chi connectivity index (χ2v) is 9.24. The molecule has 160 valence electrons. The summed E-state index contributed by atoms with van der Waals surface area (Å²) in [5, 5.41) is 0. The SMILES string of the molecule is Cc1cc(C)cc(C(=O)N2CCC(N3CCN(C)CC3)CC2Cc2ccccc2)c1. The molecule has 0 saturated carbocycles. The zero-order chi connectivity index (χ0) is 21.1. The molecule has 4 heteroatoms. The van der Waals surface area contributed by atoms with Gasteiger partial charge in [0.05, 0.1) is 0 Å². The first kappa shape index (κ1) is 21.1. The molecule has 2 aromatic rings. The first-order valence-corrected chi connectivity index (χ1v) is 11.4. The molecule has 1 amide bonds.